The predicted molar refractivity (Wildman–Crippen MR) is 132 cm³/mol. The molecule has 0 fully saturated rings. The molecule has 0 saturated carbocycles. The van der Waals surface area contributed by atoms with Crippen LogP contribution in [0.4, 0.5) is 0 Å². The molecule has 0 amide bonds. The van der Waals surface area contributed by atoms with Crippen molar-refractivity contribution in [2.45, 2.75) is 12.8 Å². The van der Waals surface area contributed by atoms with E-state index in [2.05, 4.69) is 67.6 Å². The number of rotatable bonds is 2. The third-order valence-corrected chi connectivity index (χ3v) is 6.61. The van der Waals surface area contributed by atoms with Crippen LogP contribution in [0.25, 0.3) is 27.8 Å². The van der Waals surface area contributed by atoms with Crippen molar-refractivity contribution in [2.24, 2.45) is 0 Å². The quantitative estimate of drug-likeness (QED) is 0.306. The van der Waals surface area contributed by atoms with Gasteiger partial charge in [-0.25, -0.2) is 14.5 Å². The molecule has 0 N–H and O–H groups in total. The summed E-state index contributed by atoms with van der Waals surface area (Å²) in [5.74, 6) is 2.04. The number of aryl methyl sites for hydroxylation is 1. The van der Waals surface area contributed by atoms with Crippen molar-refractivity contribution in [3.63, 3.8) is 0 Å². The van der Waals surface area contributed by atoms with Crippen LogP contribution in [0, 0.1) is 6.92 Å². The van der Waals surface area contributed by atoms with Crippen LogP contribution in [0.2, 0.25) is 0 Å². The largest absolute Gasteiger partial charge is 0.438 e. The molecule has 0 unspecified atom stereocenters. The highest BCUT2D eigenvalue weighted by Gasteiger charge is 2.34. The van der Waals surface area contributed by atoms with Gasteiger partial charge in [-0.3, -0.25) is 0 Å². The molecule has 0 bridgehead atoms. The van der Waals surface area contributed by atoms with Gasteiger partial charge in [-0.1, -0.05) is 91.0 Å². The molecule has 34 heavy (non-hydrogen) atoms. The van der Waals surface area contributed by atoms with E-state index in [0.717, 1.165) is 44.4 Å². The summed E-state index contributed by atoms with van der Waals surface area (Å²) in [6.45, 7) is 2.08. The third kappa shape index (κ3) is 2.77. The summed E-state index contributed by atoms with van der Waals surface area (Å²) < 4.78 is 8.27. The molecule has 5 heteroatoms. The molecule has 0 radical (unpaired) electrons. The first-order valence-corrected chi connectivity index (χ1v) is 11.3. The van der Waals surface area contributed by atoms with Gasteiger partial charge in [0.25, 0.3) is 0 Å². The lowest BCUT2D eigenvalue weighted by Crippen LogP contribution is -2.15. The molecule has 1 aliphatic heterocycles. The topological polar surface area (TPSA) is 52.3 Å². The molecule has 2 aromatic heterocycles. The SMILES string of the molecule is Cc1ccccc1-c1nc2c3c(ncn2n1)Oc1c(ccc2ccccc12)[C@H]3c1ccccc1. The zero-order chi connectivity index (χ0) is 22.6. The number of benzene rings is 4. The van der Waals surface area contributed by atoms with Crippen LogP contribution in [0.3, 0.4) is 0 Å². The lowest BCUT2D eigenvalue weighted by atomic mass is 9.83. The molecule has 162 valence electrons. The van der Waals surface area contributed by atoms with Crippen molar-refractivity contribution in [3.05, 3.63) is 120 Å². The minimum atomic E-state index is -0.0744. The fourth-order valence-corrected chi connectivity index (χ4v) is 4.98. The van der Waals surface area contributed by atoms with Gasteiger partial charge >= 0.3 is 0 Å². The Labute approximate surface area is 196 Å². The molecule has 0 saturated heterocycles. The van der Waals surface area contributed by atoms with Crippen LogP contribution in [-0.2, 0) is 0 Å². The van der Waals surface area contributed by atoms with E-state index in [1.165, 1.54) is 5.56 Å². The molecule has 1 aliphatic rings. The first kappa shape index (κ1) is 19.0. The van der Waals surface area contributed by atoms with Gasteiger partial charge in [0.1, 0.15) is 12.1 Å². The Hall–Kier alpha value is -4.51. The molecular formula is C29H20N4O. The van der Waals surface area contributed by atoms with E-state index >= 15 is 0 Å². The normalized spacial score (nSPS) is 14.6. The van der Waals surface area contributed by atoms with Gasteiger partial charge in [0, 0.05) is 22.4 Å². The van der Waals surface area contributed by atoms with Crippen molar-refractivity contribution in [2.75, 3.05) is 0 Å². The number of fused-ring (bicyclic) bond motifs is 6. The highest BCUT2D eigenvalue weighted by atomic mass is 16.5. The second-order valence-electron chi connectivity index (χ2n) is 8.63. The number of aromatic nitrogens is 4. The van der Waals surface area contributed by atoms with E-state index in [0.29, 0.717) is 11.7 Å². The van der Waals surface area contributed by atoms with E-state index < -0.39 is 0 Å². The van der Waals surface area contributed by atoms with Crippen LogP contribution in [-0.4, -0.2) is 19.6 Å². The van der Waals surface area contributed by atoms with Crippen LogP contribution >= 0.6 is 0 Å². The molecule has 4 aromatic carbocycles. The zero-order valence-corrected chi connectivity index (χ0v) is 18.5. The second-order valence-corrected chi connectivity index (χ2v) is 8.63. The van der Waals surface area contributed by atoms with Crippen molar-refractivity contribution in [1.82, 2.24) is 19.6 Å². The van der Waals surface area contributed by atoms with Crippen molar-refractivity contribution in [1.29, 1.82) is 0 Å². The lowest BCUT2D eigenvalue weighted by molar-refractivity contribution is 0.437. The van der Waals surface area contributed by atoms with Gasteiger partial charge in [-0.15, -0.1) is 5.10 Å². The average molecular weight is 441 g/mol. The minimum Gasteiger partial charge on any atom is -0.438 e. The molecule has 7 rings (SSSR count). The smallest absolute Gasteiger partial charge is 0.228 e. The first-order valence-electron chi connectivity index (χ1n) is 11.3. The number of hydrogen-bond acceptors (Lipinski definition) is 4. The van der Waals surface area contributed by atoms with Gasteiger partial charge in [-0.2, -0.15) is 0 Å². The second kappa shape index (κ2) is 7.25. The maximum atomic E-state index is 6.50. The van der Waals surface area contributed by atoms with Crippen LogP contribution in [0.15, 0.2) is 97.3 Å². The van der Waals surface area contributed by atoms with E-state index in [1.54, 1.807) is 10.8 Å². The Bertz CT molecular complexity index is 1700. The summed E-state index contributed by atoms with van der Waals surface area (Å²) in [5.41, 5.74) is 6.11. The molecule has 0 aliphatic carbocycles. The standard InChI is InChI=1S/C29H20N4O/c1-18-9-5-7-13-21(18)27-31-28-25-24(20-11-3-2-4-12-20)23-16-15-19-10-6-8-14-22(19)26(23)34-29(25)30-17-33(28)32-27/h2-17,24H,1H3/t24-/m1/s1. The van der Waals surface area contributed by atoms with Crippen molar-refractivity contribution in [3.8, 4) is 23.0 Å². The highest BCUT2D eigenvalue weighted by Crippen LogP contribution is 2.50. The van der Waals surface area contributed by atoms with Crippen molar-refractivity contribution >= 4 is 16.4 Å². The van der Waals surface area contributed by atoms with Crippen LogP contribution < -0.4 is 4.74 Å². The summed E-state index contributed by atoms with van der Waals surface area (Å²) in [6.07, 6.45) is 1.70. The number of nitrogens with zero attached hydrogens (tertiary/aromatic N) is 4. The number of ether oxygens (including phenoxy) is 1. The van der Waals surface area contributed by atoms with Crippen LogP contribution in [0.5, 0.6) is 11.6 Å². The van der Waals surface area contributed by atoms with Crippen LogP contribution in [0.1, 0.15) is 28.2 Å². The van der Waals surface area contributed by atoms with E-state index in [4.69, 9.17) is 19.8 Å². The zero-order valence-electron chi connectivity index (χ0n) is 18.5. The van der Waals surface area contributed by atoms with Gasteiger partial charge in [0.2, 0.25) is 5.88 Å². The van der Waals surface area contributed by atoms with Gasteiger partial charge in [0.15, 0.2) is 11.5 Å². The Morgan fingerprint density at radius 3 is 2.50 bits per heavy atom. The Morgan fingerprint density at radius 1 is 0.824 bits per heavy atom. The lowest BCUT2D eigenvalue weighted by Gasteiger charge is -2.28. The Morgan fingerprint density at radius 2 is 1.62 bits per heavy atom. The van der Waals surface area contributed by atoms with Gasteiger partial charge in [-0.05, 0) is 23.4 Å². The predicted octanol–water partition coefficient (Wildman–Crippen LogP) is 6.54. The summed E-state index contributed by atoms with van der Waals surface area (Å²) in [5, 5.41) is 6.99. The van der Waals surface area contributed by atoms with Gasteiger partial charge in [0.05, 0.1) is 5.56 Å². The maximum Gasteiger partial charge on any atom is 0.228 e. The molecule has 6 aromatic rings. The molecule has 0 spiro atoms. The summed E-state index contributed by atoms with van der Waals surface area (Å²) in [7, 11) is 0. The molecule has 1 atom stereocenters. The molecule has 3 heterocycles. The fourth-order valence-electron chi connectivity index (χ4n) is 4.98. The summed E-state index contributed by atoms with van der Waals surface area (Å²) in [6, 6.07) is 31.3. The minimum absolute atomic E-state index is 0.0744. The van der Waals surface area contributed by atoms with Crippen molar-refractivity contribution < 1.29 is 4.74 Å². The average Bonchev–Trinajstić information content (AvgIpc) is 3.32. The first-order chi connectivity index (χ1) is 16.8. The van der Waals surface area contributed by atoms with E-state index in [9.17, 15) is 0 Å². The fraction of sp³-hybridized carbons (Fsp3) is 0.0690. The maximum absolute atomic E-state index is 6.50. The highest BCUT2D eigenvalue weighted by molar-refractivity contribution is 5.91. The van der Waals surface area contributed by atoms with Gasteiger partial charge < -0.3 is 4.74 Å². The monoisotopic (exact) mass is 440 g/mol. The Kier molecular flexibility index (Phi) is 4.05. The number of hydrogen-bond donors (Lipinski definition) is 0. The third-order valence-electron chi connectivity index (χ3n) is 6.61. The Balaban J connectivity index is 1.53. The molecular weight excluding hydrogens is 420 g/mol. The summed E-state index contributed by atoms with van der Waals surface area (Å²) >= 11 is 0. The van der Waals surface area contributed by atoms with E-state index in [1.807, 2.05) is 30.3 Å². The van der Waals surface area contributed by atoms with E-state index in [-0.39, 0.29) is 5.92 Å². The molecule has 5 nitrogen and oxygen atoms in total. The summed E-state index contributed by atoms with van der Waals surface area (Å²) in [4.78, 5) is 9.70.